The molecule has 1 aromatic carbocycles. The molecule has 0 radical (unpaired) electrons. The first kappa shape index (κ1) is 11.7. The van der Waals surface area contributed by atoms with Crippen molar-refractivity contribution in [3.05, 3.63) is 64.7 Å². The summed E-state index contributed by atoms with van der Waals surface area (Å²) in [5, 5.41) is 0. The van der Waals surface area contributed by atoms with Crippen LogP contribution in [0, 0.1) is 19.7 Å². The van der Waals surface area contributed by atoms with Crippen molar-refractivity contribution in [1.82, 2.24) is 4.98 Å². The van der Waals surface area contributed by atoms with E-state index in [-0.39, 0.29) is 11.9 Å². The number of hydrogen-bond donors (Lipinski definition) is 1. The van der Waals surface area contributed by atoms with E-state index in [0.29, 0.717) is 5.56 Å². The normalized spacial score (nSPS) is 12.5. The predicted octanol–water partition coefficient (Wildman–Crippen LogP) is 2.89. The van der Waals surface area contributed by atoms with Crippen LogP contribution in [0.25, 0.3) is 0 Å². The van der Waals surface area contributed by atoms with Gasteiger partial charge >= 0.3 is 0 Å². The Hall–Kier alpha value is -1.74. The van der Waals surface area contributed by atoms with Gasteiger partial charge in [0, 0.05) is 6.20 Å². The van der Waals surface area contributed by atoms with E-state index in [1.807, 2.05) is 25.1 Å². The number of nitrogens with two attached hydrogens (primary N) is 1. The lowest BCUT2D eigenvalue weighted by molar-refractivity contribution is 0.613. The highest BCUT2D eigenvalue weighted by molar-refractivity contribution is 5.33. The Morgan fingerprint density at radius 1 is 1.18 bits per heavy atom. The molecule has 0 saturated carbocycles. The van der Waals surface area contributed by atoms with E-state index >= 15 is 0 Å². The molecule has 0 aliphatic carbocycles. The Morgan fingerprint density at radius 3 is 2.59 bits per heavy atom. The molecule has 2 nitrogen and oxygen atoms in total. The molecular formula is C14H15FN2. The van der Waals surface area contributed by atoms with E-state index in [4.69, 9.17) is 5.73 Å². The van der Waals surface area contributed by atoms with E-state index < -0.39 is 0 Å². The van der Waals surface area contributed by atoms with Gasteiger partial charge in [-0.15, -0.1) is 0 Å². The summed E-state index contributed by atoms with van der Waals surface area (Å²) in [5.41, 5.74) is 9.28. The van der Waals surface area contributed by atoms with Gasteiger partial charge in [0.1, 0.15) is 5.82 Å². The number of aromatic nitrogens is 1. The van der Waals surface area contributed by atoms with E-state index in [1.54, 1.807) is 19.2 Å². The zero-order valence-corrected chi connectivity index (χ0v) is 9.94. The summed E-state index contributed by atoms with van der Waals surface area (Å²) in [5.74, 6) is -0.230. The van der Waals surface area contributed by atoms with Gasteiger partial charge in [-0.25, -0.2) is 4.39 Å². The van der Waals surface area contributed by atoms with Crippen molar-refractivity contribution >= 4 is 0 Å². The third kappa shape index (κ3) is 2.34. The molecule has 2 aromatic rings. The predicted molar refractivity (Wildman–Crippen MR) is 66.1 cm³/mol. The number of aryl methyl sites for hydroxylation is 2. The minimum Gasteiger partial charge on any atom is -0.319 e. The standard InChI is InChI=1S/C14H15FN2/c1-9-5-6-11(8-12(9)15)13(16)14-10(2)4-3-7-17-14/h3-8,13H,16H2,1-2H3. The number of hydrogen-bond acceptors (Lipinski definition) is 2. The lowest BCUT2D eigenvalue weighted by Crippen LogP contribution is -2.15. The first-order chi connectivity index (χ1) is 8.09. The molecular weight excluding hydrogens is 215 g/mol. The van der Waals surface area contributed by atoms with Crippen LogP contribution >= 0.6 is 0 Å². The van der Waals surface area contributed by atoms with Crippen molar-refractivity contribution < 1.29 is 4.39 Å². The Kier molecular flexibility index (Phi) is 3.20. The molecule has 0 bridgehead atoms. The van der Waals surface area contributed by atoms with E-state index in [1.165, 1.54) is 6.07 Å². The molecule has 1 unspecified atom stereocenters. The molecule has 0 aliphatic rings. The Morgan fingerprint density at radius 2 is 1.94 bits per heavy atom. The maximum Gasteiger partial charge on any atom is 0.126 e. The number of pyridine rings is 1. The van der Waals surface area contributed by atoms with E-state index in [9.17, 15) is 4.39 Å². The maximum absolute atomic E-state index is 13.5. The fourth-order valence-corrected chi connectivity index (χ4v) is 1.78. The Labute approximate surface area is 100 Å². The maximum atomic E-state index is 13.5. The molecule has 1 aromatic heterocycles. The summed E-state index contributed by atoms with van der Waals surface area (Å²) < 4.78 is 13.5. The average Bonchev–Trinajstić information content (AvgIpc) is 2.32. The fourth-order valence-electron chi connectivity index (χ4n) is 1.78. The smallest absolute Gasteiger partial charge is 0.126 e. The lowest BCUT2D eigenvalue weighted by atomic mass is 9.99. The zero-order chi connectivity index (χ0) is 12.4. The summed E-state index contributed by atoms with van der Waals surface area (Å²) in [7, 11) is 0. The van der Waals surface area contributed by atoms with Crippen LogP contribution in [0.4, 0.5) is 4.39 Å². The van der Waals surface area contributed by atoms with Gasteiger partial charge in [-0.3, -0.25) is 4.98 Å². The topological polar surface area (TPSA) is 38.9 Å². The second kappa shape index (κ2) is 4.63. The van der Waals surface area contributed by atoms with E-state index in [2.05, 4.69) is 4.98 Å². The van der Waals surface area contributed by atoms with Crippen molar-refractivity contribution in [2.45, 2.75) is 19.9 Å². The van der Waals surface area contributed by atoms with Crippen LogP contribution in [0.5, 0.6) is 0 Å². The second-order valence-corrected chi connectivity index (χ2v) is 4.19. The number of benzene rings is 1. The number of rotatable bonds is 2. The van der Waals surface area contributed by atoms with Gasteiger partial charge in [0.2, 0.25) is 0 Å². The molecule has 0 aliphatic heterocycles. The van der Waals surface area contributed by atoms with E-state index in [0.717, 1.165) is 16.8 Å². The largest absolute Gasteiger partial charge is 0.319 e. The van der Waals surface area contributed by atoms with Crippen molar-refractivity contribution in [2.24, 2.45) is 5.73 Å². The first-order valence-corrected chi connectivity index (χ1v) is 5.52. The molecule has 0 saturated heterocycles. The highest BCUT2D eigenvalue weighted by Gasteiger charge is 2.13. The molecule has 1 heterocycles. The van der Waals surface area contributed by atoms with Crippen molar-refractivity contribution in [1.29, 1.82) is 0 Å². The molecule has 17 heavy (non-hydrogen) atoms. The van der Waals surface area contributed by atoms with Gasteiger partial charge in [0.05, 0.1) is 11.7 Å². The van der Waals surface area contributed by atoms with Crippen molar-refractivity contribution in [3.63, 3.8) is 0 Å². The molecule has 0 spiro atoms. The quantitative estimate of drug-likeness (QED) is 0.861. The van der Waals surface area contributed by atoms with Gasteiger partial charge in [-0.05, 0) is 42.7 Å². The highest BCUT2D eigenvalue weighted by atomic mass is 19.1. The van der Waals surface area contributed by atoms with Crippen LogP contribution in [0.2, 0.25) is 0 Å². The Balaban J connectivity index is 2.40. The van der Waals surface area contributed by atoms with Gasteiger partial charge < -0.3 is 5.73 Å². The zero-order valence-electron chi connectivity index (χ0n) is 9.94. The Bertz CT molecular complexity index is 537. The van der Waals surface area contributed by atoms with Gasteiger partial charge in [-0.2, -0.15) is 0 Å². The van der Waals surface area contributed by atoms with Gasteiger partial charge in [-0.1, -0.05) is 18.2 Å². The molecule has 0 amide bonds. The lowest BCUT2D eigenvalue weighted by Gasteiger charge is -2.14. The minimum absolute atomic E-state index is 0.230. The highest BCUT2D eigenvalue weighted by Crippen LogP contribution is 2.22. The second-order valence-electron chi connectivity index (χ2n) is 4.19. The molecule has 3 heteroatoms. The van der Waals surface area contributed by atoms with Gasteiger partial charge in [0.15, 0.2) is 0 Å². The summed E-state index contributed by atoms with van der Waals surface area (Å²) in [6, 6.07) is 8.49. The molecule has 1 atom stereocenters. The number of nitrogens with zero attached hydrogens (tertiary/aromatic N) is 1. The van der Waals surface area contributed by atoms with Crippen LogP contribution < -0.4 is 5.73 Å². The number of halogens is 1. The first-order valence-electron chi connectivity index (χ1n) is 5.52. The van der Waals surface area contributed by atoms with Gasteiger partial charge in [0.25, 0.3) is 0 Å². The monoisotopic (exact) mass is 230 g/mol. The SMILES string of the molecule is Cc1ccc(C(N)c2ncccc2C)cc1F. The van der Waals surface area contributed by atoms with Crippen LogP contribution in [0.15, 0.2) is 36.5 Å². The summed E-state index contributed by atoms with van der Waals surface area (Å²) >= 11 is 0. The van der Waals surface area contributed by atoms with Crippen LogP contribution in [0.1, 0.15) is 28.4 Å². The summed E-state index contributed by atoms with van der Waals surface area (Å²) in [6.45, 7) is 3.68. The average molecular weight is 230 g/mol. The minimum atomic E-state index is -0.383. The summed E-state index contributed by atoms with van der Waals surface area (Å²) in [6.07, 6.45) is 1.70. The third-order valence-electron chi connectivity index (χ3n) is 2.90. The molecule has 2 rings (SSSR count). The van der Waals surface area contributed by atoms with Crippen LogP contribution in [-0.4, -0.2) is 4.98 Å². The van der Waals surface area contributed by atoms with Crippen LogP contribution in [-0.2, 0) is 0 Å². The van der Waals surface area contributed by atoms with Crippen LogP contribution in [0.3, 0.4) is 0 Å². The van der Waals surface area contributed by atoms with Crippen molar-refractivity contribution in [2.75, 3.05) is 0 Å². The van der Waals surface area contributed by atoms with Crippen molar-refractivity contribution in [3.8, 4) is 0 Å². The molecule has 2 N–H and O–H groups in total. The molecule has 0 fully saturated rings. The summed E-state index contributed by atoms with van der Waals surface area (Å²) in [4.78, 5) is 4.26. The molecule has 88 valence electrons. The third-order valence-corrected chi connectivity index (χ3v) is 2.90. The fraction of sp³-hybridized carbons (Fsp3) is 0.214.